The number of carboxylic acids is 1. The third-order valence-electron chi connectivity index (χ3n) is 6.87. The minimum Gasteiger partial charge on any atom is -0.481 e. The number of amides is 2. The quantitative estimate of drug-likeness (QED) is 0.425. The van der Waals surface area contributed by atoms with E-state index in [-0.39, 0.29) is 36.0 Å². The Morgan fingerprint density at radius 3 is 2.29 bits per heavy atom. The van der Waals surface area contributed by atoms with Gasteiger partial charge >= 0.3 is 12.1 Å². The van der Waals surface area contributed by atoms with E-state index in [1.54, 1.807) is 0 Å². The van der Waals surface area contributed by atoms with Crippen molar-refractivity contribution in [3.63, 3.8) is 0 Å². The van der Waals surface area contributed by atoms with E-state index in [0.29, 0.717) is 18.8 Å². The van der Waals surface area contributed by atoms with Crippen LogP contribution >= 0.6 is 11.8 Å². The van der Waals surface area contributed by atoms with E-state index in [1.807, 2.05) is 24.3 Å². The van der Waals surface area contributed by atoms with Crippen molar-refractivity contribution in [1.29, 1.82) is 0 Å². The summed E-state index contributed by atoms with van der Waals surface area (Å²) in [4.78, 5) is 35.9. The summed E-state index contributed by atoms with van der Waals surface area (Å²) in [6, 6.07) is 16.5. The van der Waals surface area contributed by atoms with Crippen molar-refractivity contribution in [2.75, 3.05) is 31.2 Å². The highest BCUT2D eigenvalue weighted by atomic mass is 32.2. The van der Waals surface area contributed by atoms with Crippen LogP contribution in [-0.4, -0.2) is 54.3 Å². The number of rotatable bonds is 10. The summed E-state index contributed by atoms with van der Waals surface area (Å²) in [7, 11) is 0. The number of carbonyl (C=O) groups excluding carboxylic acids is 2. The molecule has 0 bridgehead atoms. The van der Waals surface area contributed by atoms with Crippen LogP contribution in [0.1, 0.15) is 42.7 Å². The maximum Gasteiger partial charge on any atom is 0.407 e. The molecule has 1 saturated carbocycles. The van der Waals surface area contributed by atoms with Crippen LogP contribution in [0.2, 0.25) is 0 Å². The Bertz CT molecular complexity index is 1010. The molecule has 8 heteroatoms. The zero-order chi connectivity index (χ0) is 24.6. The molecule has 0 radical (unpaired) electrons. The number of benzene rings is 2. The van der Waals surface area contributed by atoms with E-state index in [1.165, 1.54) is 34.0 Å². The van der Waals surface area contributed by atoms with E-state index in [9.17, 15) is 14.4 Å². The first-order valence-corrected chi connectivity index (χ1v) is 13.4. The van der Waals surface area contributed by atoms with Gasteiger partial charge in [-0.05, 0) is 41.0 Å². The van der Waals surface area contributed by atoms with Gasteiger partial charge in [0, 0.05) is 30.7 Å². The third-order valence-corrected chi connectivity index (χ3v) is 7.81. The zero-order valence-corrected chi connectivity index (χ0v) is 20.5. The molecule has 35 heavy (non-hydrogen) atoms. The molecule has 2 aliphatic carbocycles. The molecule has 0 heterocycles. The average molecular weight is 497 g/mol. The summed E-state index contributed by atoms with van der Waals surface area (Å²) in [5.41, 5.74) is 4.73. The molecule has 3 N–H and O–H groups in total. The summed E-state index contributed by atoms with van der Waals surface area (Å²) in [6.45, 7) is 1.12. The maximum atomic E-state index is 12.7. The molecular formula is C27H32N2O5S. The normalized spacial score (nSPS) is 18.9. The van der Waals surface area contributed by atoms with Gasteiger partial charge in [0.2, 0.25) is 5.91 Å². The SMILES string of the molecule is O=C(O)CSCCNC(=O)[C@@H]1CCCC[C@@H]1CNC(=O)OCC1c2ccccc2-c2ccccc21. The molecule has 0 aromatic heterocycles. The predicted octanol–water partition coefficient (Wildman–Crippen LogP) is 4.27. The summed E-state index contributed by atoms with van der Waals surface area (Å²) in [5, 5.41) is 14.5. The summed E-state index contributed by atoms with van der Waals surface area (Å²) in [6.07, 6.45) is 3.25. The van der Waals surface area contributed by atoms with Gasteiger partial charge in [0.05, 0.1) is 5.75 Å². The summed E-state index contributed by atoms with van der Waals surface area (Å²) >= 11 is 1.28. The first-order chi connectivity index (χ1) is 17.0. The van der Waals surface area contributed by atoms with Gasteiger partial charge < -0.3 is 20.5 Å². The van der Waals surface area contributed by atoms with Gasteiger partial charge in [-0.1, -0.05) is 61.4 Å². The molecule has 2 atom stereocenters. The topological polar surface area (TPSA) is 105 Å². The number of carboxylic acid groups (broad SMARTS) is 1. The van der Waals surface area contributed by atoms with E-state index < -0.39 is 12.1 Å². The predicted molar refractivity (Wildman–Crippen MR) is 136 cm³/mol. The van der Waals surface area contributed by atoms with Crippen LogP contribution in [0.25, 0.3) is 11.1 Å². The number of thioether (sulfide) groups is 1. The standard InChI is InChI=1S/C27H32N2O5S/c30-25(31)17-35-14-13-28-26(32)19-8-2-1-7-18(19)15-29-27(33)34-16-24-22-11-5-3-9-20(22)21-10-4-6-12-23(21)24/h3-6,9-12,18-19,24H,1-2,7-8,13-17H2,(H,28,32)(H,29,33)(H,30,31)/t18-,19-/m1/s1. The Kier molecular flexibility index (Phi) is 8.69. The number of hydrogen-bond acceptors (Lipinski definition) is 5. The first-order valence-electron chi connectivity index (χ1n) is 12.2. The third kappa shape index (κ3) is 6.36. The second-order valence-electron chi connectivity index (χ2n) is 9.09. The van der Waals surface area contributed by atoms with Crippen LogP contribution in [0, 0.1) is 11.8 Å². The van der Waals surface area contributed by atoms with Crippen LogP contribution < -0.4 is 10.6 Å². The van der Waals surface area contributed by atoms with Gasteiger partial charge in [-0.15, -0.1) is 11.8 Å². The second-order valence-corrected chi connectivity index (χ2v) is 10.2. The minimum absolute atomic E-state index is 0.0139. The molecule has 2 aromatic carbocycles. The van der Waals surface area contributed by atoms with Crippen LogP contribution in [0.15, 0.2) is 48.5 Å². The number of hydrogen-bond donors (Lipinski definition) is 3. The molecule has 2 aromatic rings. The molecule has 2 amide bonds. The number of nitrogens with one attached hydrogen (secondary N) is 2. The Labute approximate surface area is 210 Å². The molecule has 1 fully saturated rings. The highest BCUT2D eigenvalue weighted by Crippen LogP contribution is 2.44. The molecule has 0 aliphatic heterocycles. The Morgan fingerprint density at radius 1 is 0.943 bits per heavy atom. The largest absolute Gasteiger partial charge is 0.481 e. The van der Waals surface area contributed by atoms with E-state index >= 15 is 0 Å². The van der Waals surface area contributed by atoms with E-state index in [0.717, 1.165) is 25.7 Å². The van der Waals surface area contributed by atoms with Gasteiger partial charge in [-0.3, -0.25) is 9.59 Å². The van der Waals surface area contributed by atoms with Crippen molar-refractivity contribution < 1.29 is 24.2 Å². The molecular weight excluding hydrogens is 464 g/mol. The van der Waals surface area contributed by atoms with Gasteiger partial charge in [-0.2, -0.15) is 0 Å². The Hall–Kier alpha value is -3.00. The van der Waals surface area contributed by atoms with Crippen LogP contribution in [0.4, 0.5) is 4.79 Å². The fourth-order valence-electron chi connectivity index (χ4n) is 5.20. The smallest absolute Gasteiger partial charge is 0.407 e. The number of aliphatic carboxylic acids is 1. The average Bonchev–Trinajstić information content (AvgIpc) is 3.19. The lowest BCUT2D eigenvalue weighted by Gasteiger charge is -2.30. The molecule has 0 unspecified atom stereocenters. The van der Waals surface area contributed by atoms with Gasteiger partial charge in [0.25, 0.3) is 0 Å². The van der Waals surface area contributed by atoms with Crippen molar-refractivity contribution in [2.24, 2.45) is 11.8 Å². The second kappa shape index (κ2) is 12.1. The van der Waals surface area contributed by atoms with Gasteiger partial charge in [-0.25, -0.2) is 4.79 Å². The number of alkyl carbamates (subject to hydrolysis) is 1. The van der Waals surface area contributed by atoms with Crippen molar-refractivity contribution in [3.8, 4) is 11.1 Å². The zero-order valence-electron chi connectivity index (χ0n) is 19.7. The number of ether oxygens (including phenoxy) is 1. The van der Waals surface area contributed by atoms with Crippen LogP contribution in [0.5, 0.6) is 0 Å². The molecule has 0 spiro atoms. The van der Waals surface area contributed by atoms with Crippen LogP contribution in [0.3, 0.4) is 0 Å². The molecule has 4 rings (SSSR count). The molecule has 0 saturated heterocycles. The van der Waals surface area contributed by atoms with E-state index in [4.69, 9.17) is 9.84 Å². The first kappa shape index (κ1) is 25.1. The van der Waals surface area contributed by atoms with Crippen LogP contribution in [-0.2, 0) is 14.3 Å². The van der Waals surface area contributed by atoms with Crippen molar-refractivity contribution >= 4 is 29.7 Å². The molecule has 186 valence electrons. The Morgan fingerprint density at radius 2 is 1.60 bits per heavy atom. The fraction of sp³-hybridized carbons (Fsp3) is 0.444. The molecule has 7 nitrogen and oxygen atoms in total. The lowest BCUT2D eigenvalue weighted by molar-refractivity contribution is -0.134. The monoisotopic (exact) mass is 496 g/mol. The summed E-state index contributed by atoms with van der Waals surface area (Å²) in [5.74, 6) is -0.342. The highest BCUT2D eigenvalue weighted by Gasteiger charge is 2.32. The Balaban J connectivity index is 1.25. The highest BCUT2D eigenvalue weighted by molar-refractivity contribution is 7.99. The van der Waals surface area contributed by atoms with Crippen molar-refractivity contribution in [2.45, 2.75) is 31.6 Å². The number of fused-ring (bicyclic) bond motifs is 3. The van der Waals surface area contributed by atoms with E-state index in [2.05, 4.69) is 34.9 Å². The van der Waals surface area contributed by atoms with Gasteiger partial charge in [0.15, 0.2) is 0 Å². The lowest BCUT2D eigenvalue weighted by Crippen LogP contribution is -2.42. The maximum absolute atomic E-state index is 12.7. The lowest BCUT2D eigenvalue weighted by atomic mass is 9.78. The number of carbonyl (C=O) groups is 3. The van der Waals surface area contributed by atoms with Crippen molar-refractivity contribution in [3.05, 3.63) is 59.7 Å². The summed E-state index contributed by atoms with van der Waals surface area (Å²) < 4.78 is 5.64. The van der Waals surface area contributed by atoms with Crippen molar-refractivity contribution in [1.82, 2.24) is 10.6 Å². The fourth-order valence-corrected chi connectivity index (χ4v) is 5.76. The minimum atomic E-state index is -0.854. The molecule has 2 aliphatic rings. The van der Waals surface area contributed by atoms with Gasteiger partial charge in [0.1, 0.15) is 6.61 Å².